The zero-order chi connectivity index (χ0) is 17.1. The molecule has 0 aliphatic carbocycles. The van der Waals surface area contributed by atoms with E-state index in [0.717, 1.165) is 30.9 Å². The average molecular weight is 330 g/mol. The lowest BCUT2D eigenvalue weighted by Gasteiger charge is -2.32. The fraction of sp³-hybridized carbons (Fsp3) is 0.579. The van der Waals surface area contributed by atoms with Gasteiger partial charge in [0.2, 0.25) is 11.8 Å². The predicted octanol–water partition coefficient (Wildman–Crippen LogP) is 2.70. The van der Waals surface area contributed by atoms with Gasteiger partial charge >= 0.3 is 0 Å². The average Bonchev–Trinajstić information content (AvgIpc) is 2.97. The van der Waals surface area contributed by atoms with Crippen molar-refractivity contribution in [3.05, 3.63) is 24.3 Å². The van der Waals surface area contributed by atoms with Crippen LogP contribution in [0.3, 0.4) is 0 Å². The maximum atomic E-state index is 12.7. The van der Waals surface area contributed by atoms with E-state index in [9.17, 15) is 9.59 Å². The smallest absolute Gasteiger partial charge is 0.228 e. The maximum Gasteiger partial charge on any atom is 0.228 e. The number of carbonyl (C=O) groups excluding carboxylic acids is 2. The number of hydrogen-bond acceptors (Lipinski definition) is 3. The molecule has 2 heterocycles. The van der Waals surface area contributed by atoms with Gasteiger partial charge in [-0.3, -0.25) is 9.59 Å². The van der Waals surface area contributed by atoms with Crippen LogP contribution >= 0.6 is 0 Å². The molecule has 130 valence electrons. The Kier molecular flexibility index (Phi) is 5.07. The topological polar surface area (TPSA) is 49.9 Å². The first-order chi connectivity index (χ1) is 11.6. The zero-order valence-electron chi connectivity index (χ0n) is 14.5. The van der Waals surface area contributed by atoms with E-state index in [1.165, 1.54) is 6.42 Å². The van der Waals surface area contributed by atoms with E-state index in [1.54, 1.807) is 4.90 Å². The third-order valence-electron chi connectivity index (χ3n) is 4.90. The van der Waals surface area contributed by atoms with Crippen LogP contribution in [0.1, 0.15) is 33.1 Å². The number of nitrogens with zero attached hydrogens (tertiary/aromatic N) is 2. The molecule has 5 nitrogen and oxygen atoms in total. The van der Waals surface area contributed by atoms with E-state index in [1.807, 2.05) is 36.1 Å². The summed E-state index contributed by atoms with van der Waals surface area (Å²) in [4.78, 5) is 28.8. The molecule has 2 saturated heterocycles. The highest BCUT2D eigenvalue weighted by Crippen LogP contribution is 2.29. The number of hydrogen-bond donors (Lipinski definition) is 0. The van der Waals surface area contributed by atoms with Gasteiger partial charge in [0.05, 0.1) is 12.5 Å². The molecule has 2 amide bonds. The van der Waals surface area contributed by atoms with Gasteiger partial charge in [-0.2, -0.15) is 0 Å². The number of amides is 2. The first-order valence-corrected chi connectivity index (χ1v) is 8.90. The van der Waals surface area contributed by atoms with Gasteiger partial charge in [-0.05, 0) is 49.9 Å². The fourth-order valence-corrected chi connectivity index (χ4v) is 3.66. The Morgan fingerprint density at radius 3 is 2.67 bits per heavy atom. The van der Waals surface area contributed by atoms with Crippen LogP contribution in [0, 0.1) is 11.8 Å². The summed E-state index contributed by atoms with van der Waals surface area (Å²) in [6, 6.07) is 7.51. The third kappa shape index (κ3) is 3.55. The molecule has 3 rings (SSSR count). The van der Waals surface area contributed by atoms with E-state index < -0.39 is 0 Å². The summed E-state index contributed by atoms with van der Waals surface area (Å²) in [6.45, 7) is 6.88. The molecule has 0 unspecified atom stereocenters. The van der Waals surface area contributed by atoms with E-state index in [-0.39, 0.29) is 17.7 Å². The van der Waals surface area contributed by atoms with E-state index in [2.05, 4.69) is 6.92 Å². The lowest BCUT2D eigenvalue weighted by molar-refractivity contribution is -0.137. The van der Waals surface area contributed by atoms with Gasteiger partial charge in [0.25, 0.3) is 0 Å². The van der Waals surface area contributed by atoms with E-state index in [0.29, 0.717) is 25.5 Å². The van der Waals surface area contributed by atoms with Gasteiger partial charge in [-0.25, -0.2) is 0 Å². The van der Waals surface area contributed by atoms with Crippen molar-refractivity contribution in [2.75, 3.05) is 31.1 Å². The van der Waals surface area contributed by atoms with Crippen LogP contribution in [0.4, 0.5) is 5.69 Å². The largest absolute Gasteiger partial charge is 0.494 e. The number of carbonyl (C=O) groups is 2. The second-order valence-electron chi connectivity index (χ2n) is 6.86. The minimum absolute atomic E-state index is 0.0302. The highest BCUT2D eigenvalue weighted by atomic mass is 16.5. The molecule has 0 spiro atoms. The van der Waals surface area contributed by atoms with Gasteiger partial charge in [-0.15, -0.1) is 0 Å². The Hall–Kier alpha value is -2.04. The fourth-order valence-electron chi connectivity index (χ4n) is 3.66. The quantitative estimate of drug-likeness (QED) is 0.853. The Balaban J connectivity index is 1.65. The van der Waals surface area contributed by atoms with Crippen molar-refractivity contribution in [2.24, 2.45) is 11.8 Å². The highest BCUT2D eigenvalue weighted by Gasteiger charge is 2.37. The highest BCUT2D eigenvalue weighted by molar-refractivity contribution is 6.00. The number of benzene rings is 1. The molecule has 0 aromatic heterocycles. The first-order valence-electron chi connectivity index (χ1n) is 8.90. The summed E-state index contributed by atoms with van der Waals surface area (Å²) in [5, 5.41) is 0. The van der Waals surface area contributed by atoms with Crippen molar-refractivity contribution in [3.63, 3.8) is 0 Å². The van der Waals surface area contributed by atoms with Crippen molar-refractivity contribution in [1.29, 1.82) is 0 Å². The summed E-state index contributed by atoms with van der Waals surface area (Å²) in [7, 11) is 0. The third-order valence-corrected chi connectivity index (χ3v) is 4.90. The number of likely N-dealkylation sites (tertiary alicyclic amines) is 1. The van der Waals surface area contributed by atoms with Crippen LogP contribution in [-0.4, -0.2) is 43.0 Å². The van der Waals surface area contributed by atoms with Gasteiger partial charge in [0.1, 0.15) is 5.75 Å². The van der Waals surface area contributed by atoms with Gasteiger partial charge < -0.3 is 14.5 Å². The summed E-state index contributed by atoms with van der Waals surface area (Å²) < 4.78 is 5.43. The lowest BCUT2D eigenvalue weighted by Crippen LogP contribution is -2.43. The first kappa shape index (κ1) is 16.8. The van der Waals surface area contributed by atoms with Gasteiger partial charge in [0, 0.05) is 31.7 Å². The van der Waals surface area contributed by atoms with Crippen LogP contribution in [0.25, 0.3) is 0 Å². The summed E-state index contributed by atoms with van der Waals surface area (Å²) >= 11 is 0. The Morgan fingerprint density at radius 2 is 2.00 bits per heavy atom. The molecule has 1 aromatic carbocycles. The Morgan fingerprint density at radius 1 is 1.25 bits per heavy atom. The van der Waals surface area contributed by atoms with Crippen molar-refractivity contribution >= 4 is 17.5 Å². The molecular formula is C19H26N2O3. The zero-order valence-corrected chi connectivity index (χ0v) is 14.5. The Bertz CT molecular complexity index is 599. The number of ether oxygens (including phenoxy) is 1. The molecule has 24 heavy (non-hydrogen) atoms. The van der Waals surface area contributed by atoms with Gasteiger partial charge in [0.15, 0.2) is 0 Å². The molecule has 0 saturated carbocycles. The summed E-state index contributed by atoms with van der Waals surface area (Å²) in [5.74, 6) is 1.31. The summed E-state index contributed by atoms with van der Waals surface area (Å²) in [6.07, 6.45) is 2.57. The number of piperidine rings is 1. The molecule has 2 atom stereocenters. The number of rotatable bonds is 4. The van der Waals surface area contributed by atoms with Gasteiger partial charge in [-0.1, -0.05) is 6.92 Å². The molecular weight excluding hydrogens is 304 g/mol. The Labute approximate surface area is 143 Å². The second kappa shape index (κ2) is 7.24. The van der Waals surface area contributed by atoms with E-state index in [4.69, 9.17) is 4.74 Å². The van der Waals surface area contributed by atoms with Crippen LogP contribution < -0.4 is 9.64 Å². The SMILES string of the molecule is CCOc1ccc(N2C[C@H](C(=O)N3CCC[C@@H](C)C3)CC2=O)cc1. The predicted molar refractivity (Wildman–Crippen MR) is 93.0 cm³/mol. The van der Waals surface area contributed by atoms with Crippen LogP contribution in [0.5, 0.6) is 5.75 Å². The monoisotopic (exact) mass is 330 g/mol. The van der Waals surface area contributed by atoms with Crippen molar-refractivity contribution in [2.45, 2.75) is 33.1 Å². The maximum absolute atomic E-state index is 12.7. The molecule has 2 aliphatic rings. The standard InChI is InChI=1S/C19H26N2O3/c1-3-24-17-8-6-16(7-9-17)21-13-15(11-18(21)22)19(23)20-10-4-5-14(2)12-20/h6-9,14-15H,3-5,10-13H2,1-2H3/t14-,15-/m1/s1. The van der Waals surface area contributed by atoms with Crippen molar-refractivity contribution in [1.82, 2.24) is 4.90 Å². The lowest BCUT2D eigenvalue weighted by atomic mass is 9.98. The van der Waals surface area contributed by atoms with E-state index >= 15 is 0 Å². The van der Waals surface area contributed by atoms with Crippen molar-refractivity contribution < 1.29 is 14.3 Å². The summed E-state index contributed by atoms with van der Waals surface area (Å²) in [5.41, 5.74) is 0.839. The van der Waals surface area contributed by atoms with Crippen LogP contribution in [-0.2, 0) is 9.59 Å². The minimum Gasteiger partial charge on any atom is -0.494 e. The minimum atomic E-state index is -0.214. The molecule has 0 N–H and O–H groups in total. The normalized spacial score (nSPS) is 24.3. The molecule has 0 radical (unpaired) electrons. The molecule has 0 bridgehead atoms. The molecule has 5 heteroatoms. The molecule has 2 aliphatic heterocycles. The van der Waals surface area contributed by atoms with Crippen molar-refractivity contribution in [3.8, 4) is 5.75 Å². The van der Waals surface area contributed by atoms with Crippen LogP contribution in [0.2, 0.25) is 0 Å². The molecule has 1 aromatic rings. The molecule has 2 fully saturated rings. The number of anilines is 1. The van der Waals surface area contributed by atoms with Crippen LogP contribution in [0.15, 0.2) is 24.3 Å². The second-order valence-corrected chi connectivity index (χ2v) is 6.86.